The molecule has 10 nitrogen and oxygen atoms in total. The Morgan fingerprint density at radius 1 is 0.653 bits per heavy atom. The SMILES string of the molecule is CC/C=C/C=C/C=C/C=C/C=C/CCCC(=O)OC(COC(=O)CCCCC/C=C/C=C/CCCC)CO[C@@H]1O[C@H](CO)[C@H](O)C(O)C1O. The van der Waals surface area contributed by atoms with Gasteiger partial charge in [0.05, 0.1) is 13.2 Å². The van der Waals surface area contributed by atoms with Crippen LogP contribution in [-0.2, 0) is 28.5 Å². The summed E-state index contributed by atoms with van der Waals surface area (Å²) in [4.78, 5) is 25.0. The van der Waals surface area contributed by atoms with E-state index < -0.39 is 55.4 Å². The lowest BCUT2D eigenvalue weighted by atomic mass is 9.99. The fourth-order valence-corrected chi connectivity index (χ4v) is 4.54. The quantitative estimate of drug-likeness (QED) is 0.0493. The molecule has 0 spiro atoms. The highest BCUT2D eigenvalue weighted by atomic mass is 16.7. The van der Waals surface area contributed by atoms with Gasteiger partial charge in [-0.3, -0.25) is 9.59 Å². The van der Waals surface area contributed by atoms with Gasteiger partial charge in [-0.2, -0.15) is 0 Å². The number of carbonyl (C=O) groups is 2. The fraction of sp³-hybridized carbons (Fsp3) is 0.590. The Morgan fingerprint density at radius 2 is 1.22 bits per heavy atom. The highest BCUT2D eigenvalue weighted by Gasteiger charge is 2.44. The Morgan fingerprint density at radius 3 is 1.86 bits per heavy atom. The van der Waals surface area contributed by atoms with Crippen LogP contribution in [0.4, 0.5) is 0 Å². The minimum atomic E-state index is -1.61. The highest BCUT2D eigenvalue weighted by molar-refractivity contribution is 5.70. The molecule has 4 N–H and O–H groups in total. The predicted molar refractivity (Wildman–Crippen MR) is 191 cm³/mol. The third-order valence-corrected chi connectivity index (χ3v) is 7.42. The van der Waals surface area contributed by atoms with Crippen LogP contribution in [-0.4, -0.2) is 89.0 Å². The third kappa shape index (κ3) is 22.3. The van der Waals surface area contributed by atoms with E-state index in [1.165, 1.54) is 12.8 Å². The minimum Gasteiger partial charge on any atom is -0.462 e. The molecular formula is C39H60O10. The van der Waals surface area contributed by atoms with Crippen LogP contribution in [0.1, 0.15) is 90.9 Å². The second-order valence-electron chi connectivity index (χ2n) is 11.7. The number of esters is 2. The van der Waals surface area contributed by atoms with E-state index in [1.807, 2.05) is 54.7 Å². The molecule has 1 fully saturated rings. The van der Waals surface area contributed by atoms with Gasteiger partial charge in [-0.1, -0.05) is 118 Å². The van der Waals surface area contributed by atoms with Crippen molar-refractivity contribution in [2.45, 2.75) is 128 Å². The maximum absolute atomic E-state index is 12.6. The molecule has 0 aromatic rings. The summed E-state index contributed by atoms with van der Waals surface area (Å²) < 4.78 is 21.9. The van der Waals surface area contributed by atoms with Gasteiger partial charge < -0.3 is 39.4 Å². The molecule has 0 saturated carbocycles. The maximum Gasteiger partial charge on any atom is 0.306 e. The second-order valence-corrected chi connectivity index (χ2v) is 11.7. The van der Waals surface area contributed by atoms with Crippen LogP contribution in [0.3, 0.4) is 0 Å². The molecule has 1 aliphatic rings. The summed E-state index contributed by atoms with van der Waals surface area (Å²) in [6, 6.07) is 0. The average molecular weight is 689 g/mol. The molecule has 1 heterocycles. The van der Waals surface area contributed by atoms with E-state index in [2.05, 4.69) is 44.2 Å². The Hall–Kier alpha value is -3.12. The summed E-state index contributed by atoms with van der Waals surface area (Å²) in [5, 5.41) is 39.8. The molecule has 1 aliphatic heterocycles. The molecule has 0 amide bonds. The second kappa shape index (κ2) is 29.8. The molecular weight excluding hydrogens is 628 g/mol. The van der Waals surface area contributed by atoms with E-state index in [1.54, 1.807) is 0 Å². The Labute approximate surface area is 293 Å². The van der Waals surface area contributed by atoms with Crippen LogP contribution in [0.2, 0.25) is 0 Å². The predicted octanol–water partition coefficient (Wildman–Crippen LogP) is 5.87. The van der Waals surface area contributed by atoms with Crippen molar-refractivity contribution in [1.29, 1.82) is 0 Å². The molecule has 0 aromatic carbocycles. The van der Waals surface area contributed by atoms with Crippen LogP contribution < -0.4 is 0 Å². The molecule has 276 valence electrons. The van der Waals surface area contributed by atoms with Crippen molar-refractivity contribution in [3.05, 3.63) is 85.1 Å². The van der Waals surface area contributed by atoms with Crippen molar-refractivity contribution in [3.8, 4) is 0 Å². The van der Waals surface area contributed by atoms with E-state index in [0.29, 0.717) is 19.3 Å². The van der Waals surface area contributed by atoms with Gasteiger partial charge in [0.25, 0.3) is 0 Å². The van der Waals surface area contributed by atoms with Gasteiger partial charge in [-0.05, 0) is 44.9 Å². The molecule has 3 unspecified atom stereocenters. The average Bonchev–Trinajstić information content (AvgIpc) is 3.10. The zero-order valence-corrected chi connectivity index (χ0v) is 29.4. The number of hydrogen-bond acceptors (Lipinski definition) is 10. The molecule has 0 aliphatic carbocycles. The number of hydrogen-bond donors (Lipinski definition) is 4. The molecule has 1 rings (SSSR count). The van der Waals surface area contributed by atoms with Gasteiger partial charge in [0.1, 0.15) is 31.0 Å². The first-order valence-corrected chi connectivity index (χ1v) is 17.7. The molecule has 49 heavy (non-hydrogen) atoms. The molecule has 0 bridgehead atoms. The third-order valence-electron chi connectivity index (χ3n) is 7.42. The summed E-state index contributed by atoms with van der Waals surface area (Å²) in [5.41, 5.74) is 0. The summed E-state index contributed by atoms with van der Waals surface area (Å²) in [5.74, 6) is -0.942. The van der Waals surface area contributed by atoms with Gasteiger partial charge in [0, 0.05) is 12.8 Å². The first kappa shape index (κ1) is 43.9. The number of allylic oxidation sites excluding steroid dienone is 14. The van der Waals surface area contributed by atoms with Crippen molar-refractivity contribution < 1.29 is 49.0 Å². The van der Waals surface area contributed by atoms with Crippen LogP contribution in [0.5, 0.6) is 0 Å². The summed E-state index contributed by atoms with van der Waals surface area (Å²) >= 11 is 0. The Bertz CT molecular complexity index is 1070. The number of carbonyl (C=O) groups excluding carboxylic acids is 2. The van der Waals surface area contributed by atoms with Gasteiger partial charge in [0.2, 0.25) is 0 Å². The lowest BCUT2D eigenvalue weighted by Crippen LogP contribution is -2.59. The van der Waals surface area contributed by atoms with Crippen molar-refractivity contribution >= 4 is 11.9 Å². The van der Waals surface area contributed by atoms with Gasteiger partial charge in [-0.25, -0.2) is 0 Å². The lowest BCUT2D eigenvalue weighted by molar-refractivity contribution is -0.305. The van der Waals surface area contributed by atoms with Crippen LogP contribution in [0, 0.1) is 0 Å². The number of rotatable bonds is 26. The topological polar surface area (TPSA) is 152 Å². The smallest absolute Gasteiger partial charge is 0.306 e. The van der Waals surface area contributed by atoms with E-state index in [0.717, 1.165) is 32.1 Å². The van der Waals surface area contributed by atoms with E-state index in [4.69, 9.17) is 18.9 Å². The van der Waals surface area contributed by atoms with Gasteiger partial charge >= 0.3 is 11.9 Å². The number of unbranched alkanes of at least 4 members (excludes halogenated alkanes) is 6. The monoisotopic (exact) mass is 688 g/mol. The van der Waals surface area contributed by atoms with Crippen LogP contribution >= 0.6 is 0 Å². The summed E-state index contributed by atoms with van der Waals surface area (Å²) in [7, 11) is 0. The van der Waals surface area contributed by atoms with Crippen molar-refractivity contribution in [2.75, 3.05) is 19.8 Å². The molecule has 0 aromatic heterocycles. The summed E-state index contributed by atoms with van der Waals surface area (Å²) in [6.07, 6.45) is 29.0. The molecule has 1 saturated heterocycles. The van der Waals surface area contributed by atoms with E-state index >= 15 is 0 Å². The van der Waals surface area contributed by atoms with Crippen LogP contribution in [0.15, 0.2) is 85.1 Å². The molecule has 6 atom stereocenters. The zero-order chi connectivity index (χ0) is 36.0. The lowest BCUT2D eigenvalue weighted by Gasteiger charge is -2.39. The maximum atomic E-state index is 12.6. The first-order chi connectivity index (χ1) is 23.8. The minimum absolute atomic E-state index is 0.123. The van der Waals surface area contributed by atoms with E-state index in [-0.39, 0.29) is 26.1 Å². The Kier molecular flexibility index (Phi) is 26.7. The van der Waals surface area contributed by atoms with E-state index in [9.17, 15) is 30.0 Å². The van der Waals surface area contributed by atoms with Crippen molar-refractivity contribution in [1.82, 2.24) is 0 Å². The number of aliphatic hydroxyl groups is 4. The first-order valence-electron chi connectivity index (χ1n) is 17.7. The normalized spacial score (nSPS) is 22.6. The van der Waals surface area contributed by atoms with Crippen LogP contribution in [0.25, 0.3) is 0 Å². The van der Waals surface area contributed by atoms with Crippen molar-refractivity contribution in [3.63, 3.8) is 0 Å². The highest BCUT2D eigenvalue weighted by Crippen LogP contribution is 2.22. The summed E-state index contributed by atoms with van der Waals surface area (Å²) in [6.45, 7) is 3.06. The largest absolute Gasteiger partial charge is 0.462 e. The van der Waals surface area contributed by atoms with Gasteiger partial charge in [0.15, 0.2) is 12.4 Å². The number of ether oxygens (including phenoxy) is 4. The fourth-order valence-electron chi connectivity index (χ4n) is 4.54. The standard InChI is InChI=1S/C39H60O10/c1-3-5-7-9-11-13-15-16-18-20-22-24-26-28-35(42)48-32(31-47-39-38(45)37(44)36(43)33(29-40)49-39)30-46-34(41)27-25-23-21-19-17-14-12-10-8-6-4-2/h5,7,9-18,20,22,32-33,36-40,43-45H,3-4,6,8,19,21,23-31H2,1-2H3/b7-5+,11-9+,12-10+,15-13+,17-14+,18-16+,22-20+/t32?,33-,36+,37?,38?,39-/m1/s1. The zero-order valence-electron chi connectivity index (χ0n) is 29.4. The molecule has 10 heteroatoms. The number of aliphatic hydroxyl groups excluding tert-OH is 4. The molecule has 0 radical (unpaired) electrons. The van der Waals surface area contributed by atoms with Crippen molar-refractivity contribution in [2.24, 2.45) is 0 Å². The van der Waals surface area contributed by atoms with Gasteiger partial charge in [-0.15, -0.1) is 0 Å². The Balaban J connectivity index is 2.54.